The maximum absolute atomic E-state index is 11.6. The van der Waals surface area contributed by atoms with Gasteiger partial charge < -0.3 is 4.74 Å². The lowest BCUT2D eigenvalue weighted by Gasteiger charge is -2.25. The van der Waals surface area contributed by atoms with Crippen molar-refractivity contribution in [3.63, 3.8) is 0 Å². The van der Waals surface area contributed by atoms with Crippen molar-refractivity contribution in [2.45, 2.75) is 45.3 Å². The molecule has 0 unspecified atom stereocenters. The maximum atomic E-state index is 11.6. The van der Waals surface area contributed by atoms with Crippen LogP contribution in [0.1, 0.15) is 33.6 Å². The highest BCUT2D eigenvalue weighted by molar-refractivity contribution is 5.69. The molecule has 0 aromatic heterocycles. The van der Waals surface area contributed by atoms with Crippen molar-refractivity contribution in [1.29, 1.82) is 5.26 Å². The standard InChI is InChI=1S/C10H16N2O2/c1-10(2,3)14-9(13)12(7-6-11)8-4-5-8/h8H,4-5,7H2,1-3H3. The van der Waals surface area contributed by atoms with E-state index in [0.717, 1.165) is 12.8 Å². The maximum Gasteiger partial charge on any atom is 0.411 e. The van der Waals surface area contributed by atoms with Gasteiger partial charge in [0.1, 0.15) is 12.1 Å². The summed E-state index contributed by atoms with van der Waals surface area (Å²) in [7, 11) is 0. The van der Waals surface area contributed by atoms with Crippen LogP contribution in [0, 0.1) is 11.3 Å². The molecule has 14 heavy (non-hydrogen) atoms. The lowest BCUT2D eigenvalue weighted by Crippen LogP contribution is -2.38. The molecular weight excluding hydrogens is 180 g/mol. The molecule has 0 N–H and O–H groups in total. The smallest absolute Gasteiger partial charge is 0.411 e. The van der Waals surface area contributed by atoms with Crippen LogP contribution >= 0.6 is 0 Å². The van der Waals surface area contributed by atoms with E-state index in [1.54, 1.807) is 0 Å². The van der Waals surface area contributed by atoms with Gasteiger partial charge in [-0.3, -0.25) is 4.90 Å². The number of carbonyl (C=O) groups excluding carboxylic acids is 1. The van der Waals surface area contributed by atoms with Gasteiger partial charge in [-0.1, -0.05) is 0 Å². The van der Waals surface area contributed by atoms with Gasteiger partial charge in [-0.2, -0.15) is 5.26 Å². The Balaban J connectivity index is 2.51. The Bertz CT molecular complexity index is 258. The first-order valence-electron chi connectivity index (χ1n) is 4.80. The zero-order valence-corrected chi connectivity index (χ0v) is 8.91. The second-order valence-electron chi connectivity index (χ2n) is 4.50. The van der Waals surface area contributed by atoms with Crippen LogP contribution in [0.25, 0.3) is 0 Å². The fraction of sp³-hybridized carbons (Fsp3) is 0.800. The Kier molecular flexibility index (Phi) is 3.00. The summed E-state index contributed by atoms with van der Waals surface area (Å²) in [5.74, 6) is 0. The first-order chi connectivity index (χ1) is 6.44. The number of amides is 1. The Morgan fingerprint density at radius 3 is 2.50 bits per heavy atom. The summed E-state index contributed by atoms with van der Waals surface area (Å²) in [5.41, 5.74) is -0.486. The molecule has 1 amide bonds. The minimum absolute atomic E-state index is 0.125. The van der Waals surface area contributed by atoms with Gasteiger partial charge in [0.2, 0.25) is 0 Å². The largest absolute Gasteiger partial charge is 0.444 e. The van der Waals surface area contributed by atoms with Crippen molar-refractivity contribution in [2.75, 3.05) is 6.54 Å². The minimum atomic E-state index is -0.486. The molecule has 4 nitrogen and oxygen atoms in total. The Morgan fingerprint density at radius 2 is 2.14 bits per heavy atom. The lowest BCUT2D eigenvalue weighted by molar-refractivity contribution is 0.0260. The van der Waals surface area contributed by atoms with E-state index in [9.17, 15) is 4.79 Å². The second kappa shape index (κ2) is 3.87. The van der Waals surface area contributed by atoms with Crippen molar-refractivity contribution in [2.24, 2.45) is 0 Å². The van der Waals surface area contributed by atoms with Crippen molar-refractivity contribution in [3.8, 4) is 6.07 Å². The third-order valence-corrected chi connectivity index (χ3v) is 1.86. The zero-order chi connectivity index (χ0) is 10.8. The average molecular weight is 196 g/mol. The predicted octanol–water partition coefficient (Wildman–Crippen LogP) is 1.91. The van der Waals surface area contributed by atoms with Crippen LogP contribution in [-0.4, -0.2) is 29.2 Å². The molecule has 1 aliphatic rings. The number of nitrogens with zero attached hydrogens (tertiary/aromatic N) is 2. The lowest BCUT2D eigenvalue weighted by atomic mass is 10.2. The molecule has 0 aromatic carbocycles. The topological polar surface area (TPSA) is 53.3 Å². The highest BCUT2D eigenvalue weighted by Gasteiger charge is 2.34. The molecule has 0 atom stereocenters. The first-order valence-corrected chi connectivity index (χ1v) is 4.80. The molecule has 4 heteroatoms. The van der Waals surface area contributed by atoms with Gasteiger partial charge in [0.15, 0.2) is 0 Å². The summed E-state index contributed by atoms with van der Waals surface area (Å²) in [6.07, 6.45) is 1.60. The van der Waals surface area contributed by atoms with E-state index in [1.165, 1.54) is 4.90 Å². The molecule has 1 saturated carbocycles. The van der Waals surface area contributed by atoms with E-state index in [0.29, 0.717) is 0 Å². The summed E-state index contributed by atoms with van der Waals surface area (Å²) in [6, 6.07) is 2.21. The Labute approximate surface area is 84.4 Å². The van der Waals surface area contributed by atoms with Crippen LogP contribution in [0.3, 0.4) is 0 Å². The number of ether oxygens (including phenoxy) is 1. The number of carbonyl (C=O) groups is 1. The summed E-state index contributed by atoms with van der Waals surface area (Å²) < 4.78 is 5.19. The number of hydrogen-bond donors (Lipinski definition) is 0. The van der Waals surface area contributed by atoms with Gasteiger partial charge in [-0.15, -0.1) is 0 Å². The molecule has 0 saturated heterocycles. The van der Waals surface area contributed by atoms with Crippen LogP contribution in [0.5, 0.6) is 0 Å². The first kappa shape index (κ1) is 10.8. The Morgan fingerprint density at radius 1 is 1.57 bits per heavy atom. The highest BCUT2D eigenvalue weighted by Crippen LogP contribution is 2.27. The van der Waals surface area contributed by atoms with Crippen LogP contribution in [0.15, 0.2) is 0 Å². The molecule has 0 radical (unpaired) electrons. The fourth-order valence-corrected chi connectivity index (χ4v) is 1.13. The monoisotopic (exact) mass is 196 g/mol. The minimum Gasteiger partial charge on any atom is -0.444 e. The van der Waals surface area contributed by atoms with E-state index < -0.39 is 5.60 Å². The third-order valence-electron chi connectivity index (χ3n) is 1.86. The van der Waals surface area contributed by atoms with Gasteiger partial charge in [0.25, 0.3) is 0 Å². The molecule has 78 valence electrons. The molecule has 0 aliphatic heterocycles. The highest BCUT2D eigenvalue weighted by atomic mass is 16.6. The molecule has 1 fully saturated rings. The fourth-order valence-electron chi connectivity index (χ4n) is 1.13. The van der Waals surface area contributed by atoms with Gasteiger partial charge in [0, 0.05) is 6.04 Å². The predicted molar refractivity (Wildman–Crippen MR) is 51.6 cm³/mol. The van der Waals surface area contributed by atoms with Crippen molar-refractivity contribution in [1.82, 2.24) is 4.90 Å². The number of hydrogen-bond acceptors (Lipinski definition) is 3. The molecule has 0 heterocycles. The molecule has 0 aromatic rings. The van der Waals surface area contributed by atoms with Gasteiger partial charge in [0.05, 0.1) is 6.07 Å². The van der Waals surface area contributed by atoms with Crippen molar-refractivity contribution < 1.29 is 9.53 Å². The van der Waals surface area contributed by atoms with Crippen molar-refractivity contribution >= 4 is 6.09 Å². The van der Waals surface area contributed by atoms with E-state index >= 15 is 0 Å². The third kappa shape index (κ3) is 3.25. The molecule has 1 aliphatic carbocycles. The normalized spacial score (nSPS) is 15.9. The molecular formula is C10H16N2O2. The van der Waals surface area contributed by atoms with Gasteiger partial charge in [-0.25, -0.2) is 4.79 Å². The summed E-state index contributed by atoms with van der Waals surface area (Å²) in [4.78, 5) is 13.1. The number of nitriles is 1. The van der Waals surface area contributed by atoms with Crippen LogP contribution in [0.2, 0.25) is 0 Å². The molecule has 1 rings (SSSR count). The summed E-state index contributed by atoms with van der Waals surface area (Å²) >= 11 is 0. The van der Waals surface area contributed by atoms with Crippen LogP contribution in [-0.2, 0) is 4.74 Å². The van der Waals surface area contributed by atoms with Crippen LogP contribution < -0.4 is 0 Å². The van der Waals surface area contributed by atoms with E-state index in [2.05, 4.69) is 0 Å². The summed E-state index contributed by atoms with van der Waals surface area (Å²) in [6.45, 7) is 5.59. The molecule has 0 spiro atoms. The summed E-state index contributed by atoms with van der Waals surface area (Å²) in [5, 5.41) is 8.56. The van der Waals surface area contributed by atoms with Gasteiger partial charge >= 0.3 is 6.09 Å². The van der Waals surface area contributed by atoms with E-state index in [4.69, 9.17) is 10.00 Å². The second-order valence-corrected chi connectivity index (χ2v) is 4.50. The Hall–Kier alpha value is -1.24. The molecule has 0 bridgehead atoms. The SMILES string of the molecule is CC(C)(C)OC(=O)N(CC#N)C1CC1. The van der Waals surface area contributed by atoms with Crippen molar-refractivity contribution in [3.05, 3.63) is 0 Å². The van der Waals surface area contributed by atoms with E-state index in [1.807, 2.05) is 26.8 Å². The zero-order valence-electron chi connectivity index (χ0n) is 8.91. The van der Waals surface area contributed by atoms with E-state index in [-0.39, 0.29) is 18.7 Å². The average Bonchev–Trinajstić information content (AvgIpc) is 2.78. The number of rotatable bonds is 2. The quantitative estimate of drug-likeness (QED) is 0.634. The van der Waals surface area contributed by atoms with Gasteiger partial charge in [-0.05, 0) is 33.6 Å². The van der Waals surface area contributed by atoms with Crippen LogP contribution in [0.4, 0.5) is 4.79 Å².